The van der Waals surface area contributed by atoms with E-state index in [-0.39, 0.29) is 26.1 Å². The Morgan fingerprint density at radius 3 is 1.52 bits per heavy atom. The number of hydrogen-bond donors (Lipinski definition) is 5. The van der Waals surface area contributed by atoms with Gasteiger partial charge in [0.05, 0.1) is 52.9 Å². The molecule has 0 rings (SSSR count). The summed E-state index contributed by atoms with van der Waals surface area (Å²) in [6, 6.07) is -1.06. The fourth-order valence-electron chi connectivity index (χ4n) is 1.07. The lowest BCUT2D eigenvalue weighted by Crippen LogP contribution is -2.30. The minimum atomic E-state index is -1.17. The molecule has 138 valence electrons. The van der Waals surface area contributed by atoms with Crippen molar-refractivity contribution in [2.24, 2.45) is 5.73 Å². The van der Waals surface area contributed by atoms with Crippen molar-refractivity contribution in [1.82, 2.24) is 0 Å². The minimum absolute atomic E-state index is 0.0231. The van der Waals surface area contributed by atoms with E-state index in [0.717, 1.165) is 0 Å². The highest BCUT2D eigenvalue weighted by molar-refractivity contribution is 5.74. The molecule has 1 unspecified atom stereocenters. The van der Waals surface area contributed by atoms with E-state index in [0.29, 0.717) is 39.6 Å². The van der Waals surface area contributed by atoms with Crippen LogP contribution in [0.2, 0.25) is 0 Å². The van der Waals surface area contributed by atoms with Crippen molar-refractivity contribution in [3.8, 4) is 0 Å². The van der Waals surface area contributed by atoms with Crippen molar-refractivity contribution < 1.29 is 44.2 Å². The summed E-state index contributed by atoms with van der Waals surface area (Å²) in [4.78, 5) is 19.9. The quantitative estimate of drug-likeness (QED) is 0.229. The van der Waals surface area contributed by atoms with Crippen LogP contribution in [-0.4, -0.2) is 91.3 Å². The SMILES string of the molecule is NC(CCC(=O)O)C(=O)O.OCCOCCOCCOCCO. The molecule has 6 N–H and O–H groups in total. The van der Waals surface area contributed by atoms with Crippen molar-refractivity contribution in [3.63, 3.8) is 0 Å². The second-order valence-electron chi connectivity index (χ2n) is 4.16. The van der Waals surface area contributed by atoms with Gasteiger partial charge in [-0.2, -0.15) is 0 Å². The minimum Gasteiger partial charge on any atom is -0.481 e. The average Bonchev–Trinajstić information content (AvgIpc) is 2.51. The standard InChI is InChI=1S/C8H18O5.C5H9NO4/c9-1-3-11-5-7-13-8-6-12-4-2-10;6-3(5(9)10)1-2-4(7)8/h9-10H,1-8H2;3H,1-2,6H2,(H,7,8)(H,9,10). The van der Waals surface area contributed by atoms with Gasteiger partial charge in [-0.05, 0) is 6.42 Å². The molecule has 0 aliphatic heterocycles. The number of hydrogen-bond acceptors (Lipinski definition) is 8. The molecule has 1 atom stereocenters. The lowest BCUT2D eigenvalue weighted by Gasteiger charge is -2.04. The number of carboxylic acids is 2. The Morgan fingerprint density at radius 1 is 0.826 bits per heavy atom. The Balaban J connectivity index is 0. The Bertz CT molecular complexity index is 279. The van der Waals surface area contributed by atoms with Gasteiger partial charge in [0.25, 0.3) is 0 Å². The molecule has 0 saturated carbocycles. The van der Waals surface area contributed by atoms with Crippen molar-refractivity contribution >= 4 is 11.9 Å². The number of carboxylic acid groups (broad SMARTS) is 2. The topological polar surface area (TPSA) is 169 Å². The Hall–Kier alpha value is -1.30. The summed E-state index contributed by atoms with van der Waals surface area (Å²) in [6.45, 7) is 2.76. The van der Waals surface area contributed by atoms with Crippen LogP contribution in [0.3, 0.4) is 0 Å². The van der Waals surface area contributed by atoms with Crippen LogP contribution in [0.4, 0.5) is 0 Å². The molecule has 0 aliphatic carbocycles. The summed E-state index contributed by atoms with van der Waals surface area (Å²) < 4.78 is 15.0. The summed E-state index contributed by atoms with van der Waals surface area (Å²) in [5.41, 5.74) is 5.00. The zero-order valence-corrected chi connectivity index (χ0v) is 13.1. The van der Waals surface area contributed by atoms with Gasteiger partial charge in [-0.3, -0.25) is 9.59 Å². The first-order chi connectivity index (χ1) is 11.0. The molecule has 0 aromatic carbocycles. The third kappa shape index (κ3) is 23.1. The van der Waals surface area contributed by atoms with E-state index in [2.05, 4.69) is 0 Å². The largest absolute Gasteiger partial charge is 0.481 e. The van der Waals surface area contributed by atoms with Crippen molar-refractivity contribution in [3.05, 3.63) is 0 Å². The second kappa shape index (κ2) is 18.7. The van der Waals surface area contributed by atoms with Crippen molar-refractivity contribution in [1.29, 1.82) is 0 Å². The maximum atomic E-state index is 9.99. The van der Waals surface area contributed by atoms with Crippen LogP contribution in [-0.2, 0) is 23.8 Å². The summed E-state index contributed by atoms with van der Waals surface area (Å²) >= 11 is 0. The molecule has 0 saturated heterocycles. The average molecular weight is 341 g/mol. The first-order valence-corrected chi connectivity index (χ1v) is 7.10. The van der Waals surface area contributed by atoms with Gasteiger partial charge in [0.2, 0.25) is 0 Å². The highest BCUT2D eigenvalue weighted by Crippen LogP contribution is 1.93. The molecule has 0 bridgehead atoms. The third-order valence-corrected chi connectivity index (χ3v) is 2.20. The number of aliphatic hydroxyl groups is 2. The van der Waals surface area contributed by atoms with Crippen molar-refractivity contribution in [2.75, 3.05) is 52.9 Å². The van der Waals surface area contributed by atoms with Gasteiger partial charge in [-0.25, -0.2) is 0 Å². The lowest BCUT2D eigenvalue weighted by molar-refractivity contribution is -0.139. The number of carbonyl (C=O) groups is 2. The third-order valence-electron chi connectivity index (χ3n) is 2.20. The van der Waals surface area contributed by atoms with Crippen LogP contribution < -0.4 is 5.73 Å². The fourth-order valence-corrected chi connectivity index (χ4v) is 1.07. The van der Waals surface area contributed by atoms with E-state index in [1.165, 1.54) is 0 Å². The predicted molar refractivity (Wildman–Crippen MR) is 79.1 cm³/mol. The lowest BCUT2D eigenvalue weighted by atomic mass is 10.2. The molecule has 0 aromatic rings. The zero-order valence-electron chi connectivity index (χ0n) is 13.1. The van der Waals surface area contributed by atoms with Crippen molar-refractivity contribution in [2.45, 2.75) is 18.9 Å². The fraction of sp³-hybridized carbons (Fsp3) is 0.846. The van der Waals surface area contributed by atoms with Crippen LogP contribution >= 0.6 is 0 Å². The Kier molecular flexibility index (Phi) is 19.5. The van der Waals surface area contributed by atoms with Gasteiger partial charge in [0.1, 0.15) is 6.04 Å². The first kappa shape index (κ1) is 24.0. The van der Waals surface area contributed by atoms with Crippen LogP contribution in [0.1, 0.15) is 12.8 Å². The van der Waals surface area contributed by atoms with Gasteiger partial charge in [-0.1, -0.05) is 0 Å². The predicted octanol–water partition coefficient (Wildman–Crippen LogP) is -1.72. The van der Waals surface area contributed by atoms with E-state index >= 15 is 0 Å². The van der Waals surface area contributed by atoms with Crippen LogP contribution in [0.15, 0.2) is 0 Å². The molecule has 0 radical (unpaired) electrons. The maximum Gasteiger partial charge on any atom is 0.320 e. The number of ether oxygens (including phenoxy) is 3. The number of rotatable bonds is 14. The molecule has 0 heterocycles. The van der Waals surface area contributed by atoms with Crippen LogP contribution in [0.5, 0.6) is 0 Å². The molecule has 0 fully saturated rings. The van der Waals surface area contributed by atoms with E-state index in [4.69, 9.17) is 40.4 Å². The molecule has 0 aromatic heterocycles. The van der Waals surface area contributed by atoms with E-state index < -0.39 is 18.0 Å². The van der Waals surface area contributed by atoms with E-state index in [1.54, 1.807) is 0 Å². The summed E-state index contributed by atoms with van der Waals surface area (Å²) in [5.74, 6) is -2.20. The van der Waals surface area contributed by atoms with Gasteiger partial charge in [0, 0.05) is 6.42 Å². The van der Waals surface area contributed by atoms with E-state index in [9.17, 15) is 9.59 Å². The van der Waals surface area contributed by atoms with Crippen LogP contribution in [0, 0.1) is 0 Å². The molecule has 10 heteroatoms. The summed E-state index contributed by atoms with van der Waals surface area (Å²) in [6.07, 6.45) is -0.224. The molecule has 0 spiro atoms. The van der Waals surface area contributed by atoms with Gasteiger partial charge < -0.3 is 40.4 Å². The van der Waals surface area contributed by atoms with E-state index in [1.807, 2.05) is 0 Å². The molecule has 0 aliphatic rings. The molecule has 10 nitrogen and oxygen atoms in total. The zero-order chi connectivity index (χ0) is 17.9. The first-order valence-electron chi connectivity index (χ1n) is 7.10. The molecular weight excluding hydrogens is 314 g/mol. The smallest absolute Gasteiger partial charge is 0.320 e. The van der Waals surface area contributed by atoms with Gasteiger partial charge >= 0.3 is 11.9 Å². The highest BCUT2D eigenvalue weighted by atomic mass is 16.5. The summed E-state index contributed by atoms with van der Waals surface area (Å²) in [7, 11) is 0. The number of aliphatic hydroxyl groups excluding tert-OH is 2. The normalized spacial score (nSPS) is 11.4. The number of aliphatic carboxylic acids is 2. The highest BCUT2D eigenvalue weighted by Gasteiger charge is 2.12. The second-order valence-corrected chi connectivity index (χ2v) is 4.16. The van der Waals surface area contributed by atoms with Gasteiger partial charge in [-0.15, -0.1) is 0 Å². The Morgan fingerprint density at radius 2 is 1.22 bits per heavy atom. The maximum absolute atomic E-state index is 9.99. The van der Waals surface area contributed by atoms with Crippen LogP contribution in [0.25, 0.3) is 0 Å². The monoisotopic (exact) mass is 341 g/mol. The molecule has 0 amide bonds. The molecule has 23 heavy (non-hydrogen) atoms. The number of nitrogens with two attached hydrogens (primary N) is 1. The summed E-state index contributed by atoms with van der Waals surface area (Å²) in [5, 5.41) is 33.0. The van der Waals surface area contributed by atoms with Gasteiger partial charge in [0.15, 0.2) is 0 Å². The molecular formula is C13H27NO9. The Labute approximate surface area is 134 Å².